The summed E-state index contributed by atoms with van der Waals surface area (Å²) in [4.78, 5) is 19.8. The average molecular weight is 563 g/mol. The van der Waals surface area contributed by atoms with Crippen molar-refractivity contribution >= 4 is 21.7 Å². The molecule has 4 heteroatoms. The first-order valence-corrected chi connectivity index (χ1v) is 14.6. The molecule has 0 bridgehead atoms. The molecule has 0 radical (unpaired) electrons. The second-order valence-electron chi connectivity index (χ2n) is 10.7. The molecule has 3 aromatic heterocycles. The van der Waals surface area contributed by atoms with Crippen LogP contribution in [-0.2, 0) is 0 Å². The molecule has 0 aliphatic heterocycles. The van der Waals surface area contributed by atoms with Gasteiger partial charge in [-0.2, -0.15) is 0 Å². The van der Waals surface area contributed by atoms with E-state index >= 15 is 0 Å². The Morgan fingerprint density at radius 3 is 1.73 bits per heavy atom. The molecule has 0 saturated heterocycles. The van der Waals surface area contributed by atoms with Gasteiger partial charge in [0.15, 0.2) is 5.82 Å². The lowest BCUT2D eigenvalue weighted by molar-refractivity contribution is 1.18. The fourth-order valence-electron chi connectivity index (χ4n) is 5.77. The summed E-state index contributed by atoms with van der Waals surface area (Å²) in [6, 6.07) is 51.9. The summed E-state index contributed by atoms with van der Waals surface area (Å²) in [5.74, 6) is 0.702. The highest BCUT2D eigenvalue weighted by molar-refractivity contribution is 6.10. The van der Waals surface area contributed by atoms with E-state index in [1.807, 2.05) is 60.8 Å². The molecule has 0 aliphatic carbocycles. The molecular weight excluding hydrogens is 536 g/mol. The van der Waals surface area contributed by atoms with E-state index in [1.165, 1.54) is 5.39 Å². The number of rotatable bonds is 5. The lowest BCUT2D eigenvalue weighted by Crippen LogP contribution is -1.96. The maximum absolute atomic E-state index is 5.07. The first kappa shape index (κ1) is 25.7. The molecule has 3 heterocycles. The van der Waals surface area contributed by atoms with Gasteiger partial charge in [-0.3, -0.25) is 4.98 Å². The van der Waals surface area contributed by atoms with Crippen molar-refractivity contribution in [2.45, 2.75) is 0 Å². The maximum Gasteiger partial charge on any atom is 0.160 e. The lowest BCUT2D eigenvalue weighted by Gasteiger charge is -2.12. The Morgan fingerprint density at radius 1 is 0.341 bits per heavy atom. The second-order valence-corrected chi connectivity index (χ2v) is 10.7. The fraction of sp³-hybridized carbons (Fsp3) is 0. The lowest BCUT2D eigenvalue weighted by atomic mass is 9.98. The van der Waals surface area contributed by atoms with Crippen LogP contribution in [0.1, 0.15) is 0 Å². The van der Waals surface area contributed by atoms with Crippen LogP contribution in [0.4, 0.5) is 0 Å². The predicted octanol–water partition coefficient (Wildman–Crippen LogP) is 9.91. The minimum absolute atomic E-state index is 0.702. The molecule has 0 amide bonds. The summed E-state index contributed by atoms with van der Waals surface area (Å²) in [5, 5.41) is 3.41. The molecule has 0 N–H and O–H groups in total. The van der Waals surface area contributed by atoms with Crippen molar-refractivity contribution in [2.75, 3.05) is 0 Å². The first-order valence-electron chi connectivity index (χ1n) is 14.6. The normalized spacial score (nSPS) is 11.2. The van der Waals surface area contributed by atoms with Gasteiger partial charge in [-0.1, -0.05) is 121 Å². The quantitative estimate of drug-likeness (QED) is 0.196. The van der Waals surface area contributed by atoms with Crippen molar-refractivity contribution in [3.63, 3.8) is 0 Å². The van der Waals surface area contributed by atoms with E-state index in [0.29, 0.717) is 5.82 Å². The number of benzene rings is 5. The van der Waals surface area contributed by atoms with Crippen molar-refractivity contribution in [1.82, 2.24) is 19.9 Å². The van der Waals surface area contributed by atoms with E-state index in [1.54, 1.807) is 0 Å². The zero-order chi connectivity index (χ0) is 29.3. The zero-order valence-corrected chi connectivity index (χ0v) is 23.8. The van der Waals surface area contributed by atoms with Gasteiger partial charge in [0.25, 0.3) is 0 Å². The van der Waals surface area contributed by atoms with E-state index in [4.69, 9.17) is 19.9 Å². The predicted molar refractivity (Wildman–Crippen MR) is 180 cm³/mol. The Kier molecular flexibility index (Phi) is 6.43. The summed E-state index contributed by atoms with van der Waals surface area (Å²) < 4.78 is 0. The zero-order valence-electron chi connectivity index (χ0n) is 23.8. The highest BCUT2D eigenvalue weighted by atomic mass is 14.9. The molecule has 206 valence electrons. The van der Waals surface area contributed by atoms with E-state index in [9.17, 15) is 0 Å². The molecule has 0 fully saturated rings. The van der Waals surface area contributed by atoms with Gasteiger partial charge in [-0.05, 0) is 46.8 Å². The van der Waals surface area contributed by atoms with Crippen LogP contribution in [0.15, 0.2) is 158 Å². The molecule has 0 atom stereocenters. The van der Waals surface area contributed by atoms with Gasteiger partial charge in [0.05, 0.1) is 28.3 Å². The molecule has 4 nitrogen and oxygen atoms in total. The molecule has 8 rings (SSSR count). The van der Waals surface area contributed by atoms with Gasteiger partial charge in [0.1, 0.15) is 0 Å². The van der Waals surface area contributed by atoms with Crippen LogP contribution >= 0.6 is 0 Å². The first-order chi connectivity index (χ1) is 21.8. The summed E-state index contributed by atoms with van der Waals surface area (Å²) in [7, 11) is 0. The molecule has 5 aromatic carbocycles. The number of para-hydroxylation sites is 1. The molecule has 0 saturated carbocycles. The minimum atomic E-state index is 0.702. The van der Waals surface area contributed by atoms with E-state index in [2.05, 4.69) is 97.1 Å². The topological polar surface area (TPSA) is 51.6 Å². The highest BCUT2D eigenvalue weighted by Gasteiger charge is 2.14. The van der Waals surface area contributed by atoms with Gasteiger partial charge in [0.2, 0.25) is 0 Å². The molecule has 0 aliphatic rings. The SMILES string of the molecule is c1ccc(-c2cc(-c3cccc(-c4ccnc(-c5nc6ccccc6c6ccccc56)c4)c3)nc(-c3ccccc3)n2)cc1. The Bertz CT molecular complexity index is 2220. The van der Waals surface area contributed by atoms with Crippen LogP contribution in [0.5, 0.6) is 0 Å². The van der Waals surface area contributed by atoms with Gasteiger partial charge >= 0.3 is 0 Å². The van der Waals surface area contributed by atoms with Gasteiger partial charge < -0.3 is 0 Å². The van der Waals surface area contributed by atoms with Crippen molar-refractivity contribution in [1.29, 1.82) is 0 Å². The van der Waals surface area contributed by atoms with Gasteiger partial charge in [0, 0.05) is 33.7 Å². The van der Waals surface area contributed by atoms with Crippen molar-refractivity contribution < 1.29 is 0 Å². The summed E-state index contributed by atoms with van der Waals surface area (Å²) in [5.41, 5.74) is 9.65. The number of nitrogens with zero attached hydrogens (tertiary/aromatic N) is 4. The maximum atomic E-state index is 5.07. The standard InChI is InChI=1S/C40H26N4/c1-3-12-27(13-4-1)36-26-37(44-40(43-36)28-14-5-2-6-15-28)31-17-11-16-29(24-31)30-22-23-41-38(25-30)39-34-20-8-7-18-32(34)33-19-9-10-21-35(33)42-39/h1-26H. The third-order valence-electron chi connectivity index (χ3n) is 7.93. The van der Waals surface area contributed by atoms with E-state index in [-0.39, 0.29) is 0 Å². The summed E-state index contributed by atoms with van der Waals surface area (Å²) in [6.07, 6.45) is 1.87. The largest absolute Gasteiger partial charge is 0.255 e. The van der Waals surface area contributed by atoms with Crippen molar-refractivity contribution in [2.24, 2.45) is 0 Å². The second kappa shape index (κ2) is 11.0. The average Bonchev–Trinajstić information content (AvgIpc) is 3.12. The number of hydrogen-bond donors (Lipinski definition) is 0. The van der Waals surface area contributed by atoms with Crippen molar-refractivity contribution in [3.8, 4) is 56.4 Å². The number of aromatic nitrogens is 4. The Labute approximate surface area is 255 Å². The van der Waals surface area contributed by atoms with Crippen LogP contribution < -0.4 is 0 Å². The smallest absolute Gasteiger partial charge is 0.160 e. The van der Waals surface area contributed by atoms with E-state index < -0.39 is 0 Å². The Hall–Kier alpha value is -6.00. The number of fused-ring (bicyclic) bond motifs is 3. The third-order valence-corrected chi connectivity index (χ3v) is 7.93. The molecular formula is C40H26N4. The molecule has 0 unspecified atom stereocenters. The van der Waals surface area contributed by atoms with Crippen molar-refractivity contribution in [3.05, 3.63) is 158 Å². The van der Waals surface area contributed by atoms with E-state index in [0.717, 1.165) is 66.9 Å². The number of hydrogen-bond acceptors (Lipinski definition) is 4. The fourth-order valence-corrected chi connectivity index (χ4v) is 5.77. The van der Waals surface area contributed by atoms with Crippen LogP contribution in [0, 0.1) is 0 Å². The van der Waals surface area contributed by atoms with Crippen LogP contribution in [0.25, 0.3) is 78.1 Å². The number of pyridine rings is 2. The molecule has 44 heavy (non-hydrogen) atoms. The van der Waals surface area contributed by atoms with Crippen LogP contribution in [0.2, 0.25) is 0 Å². The third kappa shape index (κ3) is 4.79. The minimum Gasteiger partial charge on any atom is -0.255 e. The van der Waals surface area contributed by atoms with Gasteiger partial charge in [-0.25, -0.2) is 15.0 Å². The monoisotopic (exact) mass is 562 g/mol. The van der Waals surface area contributed by atoms with Crippen LogP contribution in [0.3, 0.4) is 0 Å². The Morgan fingerprint density at radius 2 is 0.932 bits per heavy atom. The summed E-state index contributed by atoms with van der Waals surface area (Å²) >= 11 is 0. The van der Waals surface area contributed by atoms with Crippen LogP contribution in [-0.4, -0.2) is 19.9 Å². The molecule has 8 aromatic rings. The van der Waals surface area contributed by atoms with Gasteiger partial charge in [-0.15, -0.1) is 0 Å². The molecule has 0 spiro atoms. The summed E-state index contributed by atoms with van der Waals surface area (Å²) in [6.45, 7) is 0. The highest BCUT2D eigenvalue weighted by Crippen LogP contribution is 2.34. The Balaban J connectivity index is 1.24.